The molecule has 2 aromatic carbocycles. The molecule has 0 spiro atoms. The Morgan fingerprint density at radius 3 is 2.28 bits per heavy atom. The zero-order valence-corrected chi connectivity index (χ0v) is 16.6. The molecule has 7 heteroatoms. The third-order valence-electron chi connectivity index (χ3n) is 4.06. The number of hydrogen-bond donors (Lipinski definition) is 1. The fraction of sp³-hybridized carbons (Fsp3) is 0.273. The van der Waals surface area contributed by atoms with Crippen molar-refractivity contribution in [1.82, 2.24) is 10.1 Å². The van der Waals surface area contributed by atoms with E-state index < -0.39 is 0 Å². The number of carbonyl (C=O) groups excluding carboxylic acids is 1. The van der Waals surface area contributed by atoms with Crippen LogP contribution in [-0.2, 0) is 16.6 Å². The summed E-state index contributed by atoms with van der Waals surface area (Å²) in [5, 5.41) is 15.6. The van der Waals surface area contributed by atoms with Crippen LogP contribution in [0, 0.1) is 11.3 Å². The van der Waals surface area contributed by atoms with E-state index >= 15 is 0 Å². The SMILES string of the molecule is CC(C)(C)c1noc(CCC(=O)Nc2ccc(Oc3ccc(C#N)cc3)cc2)n1. The Balaban J connectivity index is 1.50. The number of hydrogen-bond acceptors (Lipinski definition) is 6. The Labute approximate surface area is 169 Å². The first kappa shape index (κ1) is 20.1. The molecule has 0 unspecified atom stereocenters. The van der Waals surface area contributed by atoms with Crippen LogP contribution in [0.4, 0.5) is 5.69 Å². The predicted octanol–water partition coefficient (Wildman–Crippen LogP) is 4.60. The molecule has 0 atom stereocenters. The summed E-state index contributed by atoms with van der Waals surface area (Å²) in [5.41, 5.74) is 1.06. The van der Waals surface area contributed by atoms with Crippen LogP contribution < -0.4 is 10.1 Å². The summed E-state index contributed by atoms with van der Waals surface area (Å²) in [7, 11) is 0. The van der Waals surface area contributed by atoms with Gasteiger partial charge in [0.15, 0.2) is 5.82 Å². The highest BCUT2D eigenvalue weighted by Gasteiger charge is 2.21. The van der Waals surface area contributed by atoms with Crippen molar-refractivity contribution in [3.8, 4) is 17.6 Å². The molecular weight excluding hydrogens is 368 g/mol. The van der Waals surface area contributed by atoms with Gasteiger partial charge in [0, 0.05) is 23.9 Å². The van der Waals surface area contributed by atoms with E-state index in [2.05, 4.69) is 21.5 Å². The second kappa shape index (κ2) is 8.57. The van der Waals surface area contributed by atoms with Crippen LogP contribution in [0.25, 0.3) is 0 Å². The minimum Gasteiger partial charge on any atom is -0.457 e. The summed E-state index contributed by atoms with van der Waals surface area (Å²) in [6.45, 7) is 6.01. The van der Waals surface area contributed by atoms with Gasteiger partial charge in [-0.05, 0) is 48.5 Å². The van der Waals surface area contributed by atoms with Gasteiger partial charge in [0.2, 0.25) is 11.8 Å². The highest BCUT2D eigenvalue weighted by molar-refractivity contribution is 5.90. The van der Waals surface area contributed by atoms with Gasteiger partial charge < -0.3 is 14.6 Å². The number of aromatic nitrogens is 2. The van der Waals surface area contributed by atoms with Crippen molar-refractivity contribution in [2.45, 2.75) is 39.0 Å². The molecule has 1 aromatic heterocycles. The minimum absolute atomic E-state index is 0.138. The molecule has 0 fully saturated rings. The number of anilines is 1. The number of nitrogens with one attached hydrogen (secondary N) is 1. The monoisotopic (exact) mass is 390 g/mol. The van der Waals surface area contributed by atoms with E-state index in [4.69, 9.17) is 14.5 Å². The molecule has 1 amide bonds. The van der Waals surface area contributed by atoms with Gasteiger partial charge in [-0.15, -0.1) is 0 Å². The van der Waals surface area contributed by atoms with Crippen LogP contribution in [0.5, 0.6) is 11.5 Å². The second-order valence-corrected chi connectivity index (χ2v) is 7.57. The maximum atomic E-state index is 12.2. The molecule has 29 heavy (non-hydrogen) atoms. The number of carbonyl (C=O) groups is 1. The number of nitriles is 1. The molecule has 0 aliphatic heterocycles. The lowest BCUT2D eigenvalue weighted by atomic mass is 9.96. The van der Waals surface area contributed by atoms with E-state index in [9.17, 15) is 4.79 Å². The average Bonchev–Trinajstić information content (AvgIpc) is 3.18. The number of amides is 1. The maximum Gasteiger partial charge on any atom is 0.227 e. The van der Waals surface area contributed by atoms with Gasteiger partial charge in [0.1, 0.15) is 11.5 Å². The summed E-state index contributed by atoms with van der Waals surface area (Å²) in [6.07, 6.45) is 0.629. The van der Waals surface area contributed by atoms with Crippen molar-refractivity contribution in [2.75, 3.05) is 5.32 Å². The number of rotatable bonds is 6. The lowest BCUT2D eigenvalue weighted by Crippen LogP contribution is -2.14. The van der Waals surface area contributed by atoms with Crippen molar-refractivity contribution in [2.24, 2.45) is 0 Å². The molecule has 0 aliphatic carbocycles. The van der Waals surface area contributed by atoms with Gasteiger partial charge >= 0.3 is 0 Å². The van der Waals surface area contributed by atoms with E-state index in [1.54, 1.807) is 48.5 Å². The molecule has 0 saturated carbocycles. The van der Waals surface area contributed by atoms with E-state index in [-0.39, 0.29) is 17.7 Å². The quantitative estimate of drug-likeness (QED) is 0.660. The molecule has 1 N–H and O–H groups in total. The van der Waals surface area contributed by atoms with E-state index in [0.29, 0.717) is 40.9 Å². The average molecular weight is 390 g/mol. The fourth-order valence-corrected chi connectivity index (χ4v) is 2.44. The molecule has 7 nitrogen and oxygen atoms in total. The minimum atomic E-state index is -0.189. The molecule has 0 bridgehead atoms. The Morgan fingerprint density at radius 1 is 1.10 bits per heavy atom. The van der Waals surface area contributed by atoms with Crippen molar-refractivity contribution in [3.05, 3.63) is 65.8 Å². The number of nitrogens with zero attached hydrogens (tertiary/aromatic N) is 3. The lowest BCUT2D eigenvalue weighted by Gasteiger charge is -2.10. The molecule has 0 saturated heterocycles. The Kier molecular flexibility index (Phi) is 5.93. The van der Waals surface area contributed by atoms with Gasteiger partial charge in [0.05, 0.1) is 11.6 Å². The van der Waals surface area contributed by atoms with Gasteiger partial charge in [-0.25, -0.2) is 0 Å². The summed E-state index contributed by atoms with van der Waals surface area (Å²) in [4.78, 5) is 16.5. The summed E-state index contributed by atoms with van der Waals surface area (Å²) < 4.78 is 10.9. The highest BCUT2D eigenvalue weighted by Crippen LogP contribution is 2.23. The molecule has 3 aromatic rings. The smallest absolute Gasteiger partial charge is 0.227 e. The standard InChI is InChI=1S/C22H22N4O3/c1-22(2,3)21-25-20(29-26-21)13-12-19(27)24-16-6-10-18(11-7-16)28-17-8-4-15(14-23)5-9-17/h4-11H,12-13H2,1-3H3,(H,24,27). The van der Waals surface area contributed by atoms with Crippen molar-refractivity contribution in [1.29, 1.82) is 5.26 Å². The lowest BCUT2D eigenvalue weighted by molar-refractivity contribution is -0.116. The normalized spacial score (nSPS) is 11.0. The maximum absolute atomic E-state index is 12.2. The summed E-state index contributed by atoms with van der Waals surface area (Å²) in [5.74, 6) is 2.21. The molecule has 0 aliphatic rings. The molecule has 0 radical (unpaired) electrons. The number of ether oxygens (including phenoxy) is 1. The first-order valence-electron chi connectivity index (χ1n) is 9.24. The third-order valence-corrected chi connectivity index (χ3v) is 4.06. The first-order chi connectivity index (χ1) is 13.8. The molecule has 3 rings (SSSR count). The first-order valence-corrected chi connectivity index (χ1v) is 9.24. The van der Waals surface area contributed by atoms with Gasteiger partial charge in [-0.2, -0.15) is 10.2 Å². The number of aryl methyl sites for hydroxylation is 1. The molecule has 1 heterocycles. The topological polar surface area (TPSA) is 101 Å². The van der Waals surface area contributed by atoms with Crippen molar-refractivity contribution >= 4 is 11.6 Å². The van der Waals surface area contributed by atoms with E-state index in [1.165, 1.54) is 0 Å². The predicted molar refractivity (Wildman–Crippen MR) is 108 cm³/mol. The zero-order valence-electron chi connectivity index (χ0n) is 16.6. The van der Waals surface area contributed by atoms with Gasteiger partial charge in [0.25, 0.3) is 0 Å². The molecular formula is C22H22N4O3. The summed E-state index contributed by atoms with van der Waals surface area (Å²) >= 11 is 0. The van der Waals surface area contributed by atoms with Crippen LogP contribution in [0.2, 0.25) is 0 Å². The Hall–Kier alpha value is -3.66. The van der Waals surface area contributed by atoms with Crippen LogP contribution in [0.15, 0.2) is 53.1 Å². The highest BCUT2D eigenvalue weighted by atomic mass is 16.5. The largest absolute Gasteiger partial charge is 0.457 e. The van der Waals surface area contributed by atoms with Crippen LogP contribution in [0.1, 0.15) is 44.5 Å². The molecule has 148 valence electrons. The number of benzene rings is 2. The Morgan fingerprint density at radius 2 is 1.72 bits per heavy atom. The van der Waals surface area contributed by atoms with Crippen LogP contribution in [-0.4, -0.2) is 16.0 Å². The fourth-order valence-electron chi connectivity index (χ4n) is 2.44. The van der Waals surface area contributed by atoms with Crippen LogP contribution >= 0.6 is 0 Å². The van der Waals surface area contributed by atoms with Gasteiger partial charge in [-0.1, -0.05) is 25.9 Å². The van der Waals surface area contributed by atoms with E-state index in [1.807, 2.05) is 20.8 Å². The van der Waals surface area contributed by atoms with E-state index in [0.717, 1.165) is 0 Å². The van der Waals surface area contributed by atoms with Crippen LogP contribution in [0.3, 0.4) is 0 Å². The third kappa shape index (κ3) is 5.66. The van der Waals surface area contributed by atoms with Crippen molar-refractivity contribution in [3.63, 3.8) is 0 Å². The van der Waals surface area contributed by atoms with Gasteiger partial charge in [-0.3, -0.25) is 4.79 Å². The Bertz CT molecular complexity index is 1010. The van der Waals surface area contributed by atoms with Crippen molar-refractivity contribution < 1.29 is 14.1 Å². The second-order valence-electron chi connectivity index (χ2n) is 7.57. The zero-order chi connectivity index (χ0) is 20.9. The summed E-state index contributed by atoms with van der Waals surface area (Å²) in [6, 6.07) is 16.0.